The van der Waals surface area contributed by atoms with Gasteiger partial charge in [0.25, 0.3) is 0 Å². The largest absolute Gasteiger partial charge is 0.411 e. The molecular weight excluding hydrogens is 270 g/mol. The predicted molar refractivity (Wildman–Crippen MR) is 95.8 cm³/mol. The van der Waals surface area contributed by atoms with E-state index in [1.54, 1.807) is 0 Å². The van der Waals surface area contributed by atoms with Gasteiger partial charge in [-0.2, -0.15) is 0 Å². The Morgan fingerprint density at radius 1 is 0.773 bits per heavy atom. The van der Waals surface area contributed by atoms with E-state index in [0.29, 0.717) is 0 Å². The maximum absolute atomic E-state index is 9.13. The van der Waals surface area contributed by atoms with Crippen LogP contribution in [0.25, 0.3) is 0 Å². The number of hydrogen-bond acceptors (Lipinski definition) is 2. The summed E-state index contributed by atoms with van der Waals surface area (Å²) < 4.78 is 0. The van der Waals surface area contributed by atoms with Gasteiger partial charge in [0, 0.05) is 0 Å². The van der Waals surface area contributed by atoms with Crippen molar-refractivity contribution in [3.8, 4) is 0 Å². The monoisotopic (exact) mass is 303 g/mol. The van der Waals surface area contributed by atoms with Crippen LogP contribution in [0.1, 0.15) is 89.5 Å². The lowest BCUT2D eigenvalue weighted by Gasteiger charge is -2.05. The van der Waals surface area contributed by atoms with E-state index in [9.17, 15) is 0 Å². The minimum Gasteiger partial charge on any atom is -0.411 e. The van der Waals surface area contributed by atoms with Crippen LogP contribution in [-0.4, -0.2) is 10.9 Å². The molecule has 0 saturated heterocycles. The molecule has 22 heavy (non-hydrogen) atoms. The molecule has 0 aliphatic carbocycles. The van der Waals surface area contributed by atoms with Gasteiger partial charge in [0.05, 0.1) is 5.71 Å². The van der Waals surface area contributed by atoms with Crippen molar-refractivity contribution in [1.29, 1.82) is 0 Å². The van der Waals surface area contributed by atoms with Crippen LogP contribution < -0.4 is 0 Å². The minimum absolute atomic E-state index is 0.816. The lowest BCUT2D eigenvalue weighted by atomic mass is 10.0. The van der Waals surface area contributed by atoms with Gasteiger partial charge in [0.15, 0.2) is 0 Å². The van der Waals surface area contributed by atoms with Gasteiger partial charge >= 0.3 is 0 Å². The zero-order chi connectivity index (χ0) is 15.9. The van der Waals surface area contributed by atoms with E-state index in [0.717, 1.165) is 24.1 Å². The molecule has 0 bridgehead atoms. The van der Waals surface area contributed by atoms with E-state index in [1.807, 2.05) is 30.3 Å². The summed E-state index contributed by atoms with van der Waals surface area (Å²) in [4.78, 5) is 0. The number of nitrogens with zero attached hydrogens (tertiary/aromatic N) is 1. The fraction of sp³-hybridized carbons (Fsp3) is 0.650. The summed E-state index contributed by atoms with van der Waals surface area (Å²) in [5.74, 6) is 0. The van der Waals surface area contributed by atoms with Crippen molar-refractivity contribution >= 4 is 5.71 Å². The average Bonchev–Trinajstić information content (AvgIpc) is 2.57. The van der Waals surface area contributed by atoms with Gasteiger partial charge < -0.3 is 5.21 Å². The molecule has 0 heterocycles. The fourth-order valence-electron chi connectivity index (χ4n) is 2.84. The number of benzene rings is 1. The molecule has 1 rings (SSSR count). The number of hydrogen-bond donors (Lipinski definition) is 1. The fourth-order valence-corrected chi connectivity index (χ4v) is 2.84. The first-order chi connectivity index (χ1) is 10.9. The van der Waals surface area contributed by atoms with Crippen LogP contribution in [-0.2, 0) is 0 Å². The van der Waals surface area contributed by atoms with E-state index in [2.05, 4.69) is 12.1 Å². The van der Waals surface area contributed by atoms with Gasteiger partial charge in [0.1, 0.15) is 0 Å². The van der Waals surface area contributed by atoms with Crippen molar-refractivity contribution in [2.75, 3.05) is 0 Å². The van der Waals surface area contributed by atoms with Crippen molar-refractivity contribution in [1.82, 2.24) is 0 Å². The third-order valence-corrected chi connectivity index (χ3v) is 4.24. The predicted octanol–water partition coefficient (Wildman–Crippen LogP) is 6.57. The molecule has 0 aliphatic rings. The SMILES string of the molecule is CCCCCCCCCCCCCC(=NO)c1ccccc1. The maximum atomic E-state index is 9.13. The van der Waals surface area contributed by atoms with Gasteiger partial charge in [-0.05, 0) is 18.4 Å². The molecule has 1 aromatic rings. The molecule has 0 radical (unpaired) electrons. The zero-order valence-corrected chi connectivity index (χ0v) is 14.3. The van der Waals surface area contributed by atoms with Crippen molar-refractivity contribution in [3.05, 3.63) is 35.9 Å². The minimum atomic E-state index is 0.816. The Morgan fingerprint density at radius 3 is 1.77 bits per heavy atom. The van der Waals surface area contributed by atoms with Gasteiger partial charge in [-0.25, -0.2) is 0 Å². The maximum Gasteiger partial charge on any atom is 0.0867 e. The second kappa shape index (κ2) is 13.4. The molecule has 1 aromatic carbocycles. The summed E-state index contributed by atoms with van der Waals surface area (Å²) in [5.41, 5.74) is 1.86. The summed E-state index contributed by atoms with van der Waals surface area (Å²) >= 11 is 0. The molecule has 0 spiro atoms. The first kappa shape index (κ1) is 18.7. The van der Waals surface area contributed by atoms with Crippen LogP contribution in [0.4, 0.5) is 0 Å². The van der Waals surface area contributed by atoms with E-state index in [4.69, 9.17) is 5.21 Å². The van der Waals surface area contributed by atoms with E-state index in [1.165, 1.54) is 64.2 Å². The summed E-state index contributed by atoms with van der Waals surface area (Å²) in [6.07, 6.45) is 15.6. The Kier molecular flexibility index (Phi) is 11.4. The molecule has 0 aromatic heterocycles. The summed E-state index contributed by atoms with van der Waals surface area (Å²) in [7, 11) is 0. The molecule has 2 heteroatoms. The van der Waals surface area contributed by atoms with Gasteiger partial charge in [0.2, 0.25) is 0 Å². The summed E-state index contributed by atoms with van der Waals surface area (Å²) in [5, 5.41) is 12.6. The first-order valence-electron chi connectivity index (χ1n) is 9.14. The summed E-state index contributed by atoms with van der Waals surface area (Å²) in [6.45, 7) is 2.27. The topological polar surface area (TPSA) is 32.6 Å². The molecule has 0 aliphatic heterocycles. The molecule has 124 valence electrons. The van der Waals surface area contributed by atoms with Crippen LogP contribution >= 0.6 is 0 Å². The van der Waals surface area contributed by atoms with Gasteiger partial charge in [-0.1, -0.05) is 107 Å². The molecular formula is C20H33NO. The lowest BCUT2D eigenvalue weighted by Crippen LogP contribution is -2.00. The Bertz CT molecular complexity index is 386. The Morgan fingerprint density at radius 2 is 1.27 bits per heavy atom. The highest BCUT2D eigenvalue weighted by Gasteiger charge is 2.03. The van der Waals surface area contributed by atoms with Crippen molar-refractivity contribution in [2.45, 2.75) is 84.0 Å². The molecule has 1 N–H and O–H groups in total. The third kappa shape index (κ3) is 8.86. The van der Waals surface area contributed by atoms with Crippen LogP contribution in [0.2, 0.25) is 0 Å². The van der Waals surface area contributed by atoms with Crippen molar-refractivity contribution in [2.24, 2.45) is 5.16 Å². The lowest BCUT2D eigenvalue weighted by molar-refractivity contribution is 0.317. The highest BCUT2D eigenvalue weighted by atomic mass is 16.4. The highest BCUT2D eigenvalue weighted by Crippen LogP contribution is 2.13. The average molecular weight is 303 g/mol. The van der Waals surface area contributed by atoms with E-state index < -0.39 is 0 Å². The molecule has 2 nitrogen and oxygen atoms in total. The second-order valence-electron chi connectivity index (χ2n) is 6.20. The van der Waals surface area contributed by atoms with Crippen molar-refractivity contribution in [3.63, 3.8) is 0 Å². The van der Waals surface area contributed by atoms with Gasteiger partial charge in [-0.3, -0.25) is 0 Å². The summed E-state index contributed by atoms with van der Waals surface area (Å²) in [6, 6.07) is 9.98. The first-order valence-corrected chi connectivity index (χ1v) is 9.14. The smallest absolute Gasteiger partial charge is 0.0867 e. The number of rotatable bonds is 13. The highest BCUT2D eigenvalue weighted by molar-refractivity contribution is 6.00. The molecule has 0 fully saturated rings. The molecule has 0 atom stereocenters. The van der Waals surface area contributed by atoms with Crippen molar-refractivity contribution < 1.29 is 5.21 Å². The molecule has 0 saturated carbocycles. The van der Waals surface area contributed by atoms with Crippen LogP contribution in [0.3, 0.4) is 0 Å². The third-order valence-electron chi connectivity index (χ3n) is 4.24. The Balaban J connectivity index is 1.97. The molecule has 0 amide bonds. The Hall–Kier alpha value is -1.31. The Labute approximate surface area is 136 Å². The number of unbranched alkanes of at least 4 members (excludes halogenated alkanes) is 10. The second-order valence-corrected chi connectivity index (χ2v) is 6.20. The van der Waals surface area contributed by atoms with E-state index in [-0.39, 0.29) is 0 Å². The zero-order valence-electron chi connectivity index (χ0n) is 14.3. The van der Waals surface area contributed by atoms with E-state index >= 15 is 0 Å². The normalized spacial score (nSPS) is 11.8. The van der Waals surface area contributed by atoms with Crippen LogP contribution in [0, 0.1) is 0 Å². The van der Waals surface area contributed by atoms with Gasteiger partial charge in [-0.15, -0.1) is 0 Å². The molecule has 0 unspecified atom stereocenters. The number of oxime groups is 1. The van der Waals surface area contributed by atoms with Crippen LogP contribution in [0.5, 0.6) is 0 Å². The standard InChI is InChI=1S/C20H33NO/c1-2-3-4-5-6-7-8-9-10-11-15-18-20(21-22)19-16-13-12-14-17-19/h12-14,16-17,22H,2-11,15,18H2,1H3. The quantitative estimate of drug-likeness (QED) is 0.190. The van der Waals surface area contributed by atoms with Crippen LogP contribution in [0.15, 0.2) is 35.5 Å².